The molecule has 0 radical (unpaired) electrons. The van der Waals surface area contributed by atoms with Crippen LogP contribution in [0.5, 0.6) is 0 Å². The summed E-state index contributed by atoms with van der Waals surface area (Å²) in [5, 5.41) is 1.19. The first-order valence-electron chi connectivity index (χ1n) is 6.36. The maximum atomic E-state index is 13.1. The second-order valence-corrected chi connectivity index (χ2v) is 5.57. The van der Waals surface area contributed by atoms with Gasteiger partial charge in [-0.2, -0.15) is 0 Å². The number of guanidine groups is 1. The zero-order valence-electron chi connectivity index (χ0n) is 10.9. The van der Waals surface area contributed by atoms with E-state index in [-0.39, 0.29) is 11.9 Å². The van der Waals surface area contributed by atoms with Crippen LogP contribution in [0.15, 0.2) is 47.5 Å². The van der Waals surface area contributed by atoms with E-state index in [0.717, 1.165) is 11.3 Å². The van der Waals surface area contributed by atoms with Gasteiger partial charge in [0.2, 0.25) is 0 Å². The summed E-state index contributed by atoms with van der Waals surface area (Å²) in [5.74, 6) is 0.0773. The third kappa shape index (κ3) is 2.69. The van der Waals surface area contributed by atoms with Gasteiger partial charge in [-0.3, -0.25) is 4.99 Å². The summed E-state index contributed by atoms with van der Waals surface area (Å²) in [6.45, 7) is 0.475. The fourth-order valence-electron chi connectivity index (χ4n) is 2.42. The molecule has 0 spiro atoms. The van der Waals surface area contributed by atoms with Gasteiger partial charge in [-0.1, -0.05) is 23.2 Å². The van der Waals surface area contributed by atoms with Gasteiger partial charge < -0.3 is 10.6 Å². The first-order valence-corrected chi connectivity index (χ1v) is 7.11. The van der Waals surface area contributed by atoms with Crippen molar-refractivity contribution in [2.45, 2.75) is 6.04 Å². The number of halogens is 3. The van der Waals surface area contributed by atoms with Gasteiger partial charge in [-0.15, -0.1) is 0 Å². The van der Waals surface area contributed by atoms with E-state index < -0.39 is 0 Å². The maximum absolute atomic E-state index is 13.1. The van der Waals surface area contributed by atoms with Crippen LogP contribution in [-0.4, -0.2) is 12.5 Å². The van der Waals surface area contributed by atoms with E-state index in [0.29, 0.717) is 22.5 Å². The molecule has 0 aromatic heterocycles. The van der Waals surface area contributed by atoms with Gasteiger partial charge in [0.25, 0.3) is 0 Å². The number of rotatable bonds is 2. The molecule has 6 heteroatoms. The van der Waals surface area contributed by atoms with Gasteiger partial charge in [0.1, 0.15) is 5.82 Å². The van der Waals surface area contributed by atoms with Crippen molar-refractivity contribution in [3.05, 3.63) is 63.9 Å². The second-order valence-electron chi connectivity index (χ2n) is 4.73. The van der Waals surface area contributed by atoms with Crippen LogP contribution in [0.3, 0.4) is 0 Å². The zero-order valence-corrected chi connectivity index (χ0v) is 12.4. The monoisotopic (exact) mass is 323 g/mol. The van der Waals surface area contributed by atoms with Crippen molar-refractivity contribution in [1.29, 1.82) is 0 Å². The zero-order chi connectivity index (χ0) is 15.0. The molecular weight excluding hydrogens is 312 g/mol. The molecule has 1 aliphatic rings. The van der Waals surface area contributed by atoms with Gasteiger partial charge in [0.15, 0.2) is 5.96 Å². The Hall–Kier alpha value is -1.78. The number of nitrogens with two attached hydrogens (primary N) is 1. The Kier molecular flexibility index (Phi) is 3.74. The van der Waals surface area contributed by atoms with E-state index in [4.69, 9.17) is 28.9 Å². The average molecular weight is 324 g/mol. The lowest BCUT2D eigenvalue weighted by molar-refractivity contribution is 0.627. The van der Waals surface area contributed by atoms with Crippen molar-refractivity contribution in [3.8, 4) is 0 Å². The molecule has 3 nitrogen and oxygen atoms in total. The predicted molar refractivity (Wildman–Crippen MR) is 84.6 cm³/mol. The highest BCUT2D eigenvalue weighted by Gasteiger charge is 2.30. The SMILES string of the molecule is NC1=NCC(c2cc(Cl)ccc2Cl)N1c1ccc(F)cc1. The Morgan fingerprint density at radius 2 is 1.86 bits per heavy atom. The van der Waals surface area contributed by atoms with E-state index in [1.165, 1.54) is 12.1 Å². The number of anilines is 1. The van der Waals surface area contributed by atoms with Gasteiger partial charge >= 0.3 is 0 Å². The normalized spacial score (nSPS) is 18.0. The maximum Gasteiger partial charge on any atom is 0.196 e. The standard InChI is InChI=1S/C15H12Cl2FN3/c16-9-1-6-13(17)12(7-9)14-8-20-15(19)21(14)11-4-2-10(18)3-5-11/h1-7,14H,8H2,(H2,19,20). The molecule has 1 atom stereocenters. The van der Waals surface area contributed by atoms with Crippen molar-refractivity contribution < 1.29 is 4.39 Å². The lowest BCUT2D eigenvalue weighted by Gasteiger charge is -2.27. The van der Waals surface area contributed by atoms with Crippen LogP contribution in [0, 0.1) is 5.82 Å². The Morgan fingerprint density at radius 3 is 2.57 bits per heavy atom. The molecule has 0 saturated heterocycles. The summed E-state index contributed by atoms with van der Waals surface area (Å²) in [6, 6.07) is 11.2. The van der Waals surface area contributed by atoms with Gasteiger partial charge in [-0.25, -0.2) is 4.39 Å². The van der Waals surface area contributed by atoms with Gasteiger partial charge in [0, 0.05) is 15.7 Å². The van der Waals surface area contributed by atoms with E-state index in [1.54, 1.807) is 30.3 Å². The minimum Gasteiger partial charge on any atom is -0.369 e. The predicted octanol–water partition coefficient (Wildman–Crippen LogP) is 4.01. The molecular formula is C15H12Cl2FN3. The Balaban J connectivity index is 2.02. The number of aliphatic imine (C=N–C) groups is 1. The number of hydrogen-bond donors (Lipinski definition) is 1. The second kappa shape index (κ2) is 5.54. The topological polar surface area (TPSA) is 41.6 Å². The lowest BCUT2D eigenvalue weighted by Crippen LogP contribution is -2.36. The largest absolute Gasteiger partial charge is 0.369 e. The minimum absolute atomic E-state index is 0.151. The summed E-state index contributed by atoms with van der Waals surface area (Å²) >= 11 is 12.3. The van der Waals surface area contributed by atoms with Crippen LogP contribution >= 0.6 is 23.2 Å². The summed E-state index contributed by atoms with van der Waals surface area (Å²) in [4.78, 5) is 6.10. The molecule has 0 amide bonds. The molecule has 0 aliphatic carbocycles. The number of hydrogen-bond acceptors (Lipinski definition) is 3. The van der Waals surface area contributed by atoms with Crippen LogP contribution in [-0.2, 0) is 0 Å². The van der Waals surface area contributed by atoms with Gasteiger partial charge in [0.05, 0.1) is 12.6 Å². The van der Waals surface area contributed by atoms with Crippen LogP contribution in [0.2, 0.25) is 10.0 Å². The summed E-state index contributed by atoms with van der Waals surface area (Å²) in [7, 11) is 0. The number of nitrogens with zero attached hydrogens (tertiary/aromatic N) is 2. The molecule has 0 bridgehead atoms. The first kappa shape index (κ1) is 14.2. The minimum atomic E-state index is -0.300. The van der Waals surface area contributed by atoms with Crippen molar-refractivity contribution in [1.82, 2.24) is 0 Å². The quantitative estimate of drug-likeness (QED) is 0.907. The summed E-state index contributed by atoms with van der Waals surface area (Å²) in [6.07, 6.45) is 0. The van der Waals surface area contributed by atoms with Crippen LogP contribution in [0.4, 0.5) is 10.1 Å². The first-order chi connectivity index (χ1) is 10.1. The molecule has 0 saturated carbocycles. The van der Waals surface area contributed by atoms with Crippen LogP contribution in [0.25, 0.3) is 0 Å². The highest BCUT2D eigenvalue weighted by molar-refractivity contribution is 6.33. The van der Waals surface area contributed by atoms with Gasteiger partial charge in [-0.05, 0) is 48.0 Å². The average Bonchev–Trinajstić information content (AvgIpc) is 2.84. The molecule has 1 unspecified atom stereocenters. The third-order valence-corrected chi connectivity index (χ3v) is 3.99. The molecule has 21 heavy (non-hydrogen) atoms. The Morgan fingerprint density at radius 1 is 1.14 bits per heavy atom. The summed E-state index contributed by atoms with van der Waals surface area (Å²) in [5.41, 5.74) is 7.58. The molecule has 2 N–H and O–H groups in total. The van der Waals surface area contributed by atoms with Crippen LogP contribution < -0.4 is 10.6 Å². The van der Waals surface area contributed by atoms with E-state index in [9.17, 15) is 4.39 Å². The lowest BCUT2D eigenvalue weighted by atomic mass is 10.1. The highest BCUT2D eigenvalue weighted by atomic mass is 35.5. The van der Waals surface area contributed by atoms with Crippen LogP contribution in [0.1, 0.15) is 11.6 Å². The fourth-order valence-corrected chi connectivity index (χ4v) is 2.84. The van der Waals surface area contributed by atoms with E-state index in [2.05, 4.69) is 4.99 Å². The van der Waals surface area contributed by atoms with Crippen molar-refractivity contribution in [2.75, 3.05) is 11.4 Å². The molecule has 1 heterocycles. The summed E-state index contributed by atoms with van der Waals surface area (Å²) < 4.78 is 13.1. The molecule has 0 fully saturated rings. The van der Waals surface area contributed by atoms with Crippen molar-refractivity contribution in [2.24, 2.45) is 10.7 Å². The Bertz CT molecular complexity index is 701. The molecule has 108 valence electrons. The molecule has 2 aromatic rings. The molecule has 2 aromatic carbocycles. The van der Waals surface area contributed by atoms with Crippen molar-refractivity contribution in [3.63, 3.8) is 0 Å². The Labute approximate surface area is 131 Å². The molecule has 1 aliphatic heterocycles. The third-order valence-electron chi connectivity index (χ3n) is 3.41. The molecule has 3 rings (SSSR count). The highest BCUT2D eigenvalue weighted by Crippen LogP contribution is 2.35. The number of benzene rings is 2. The van der Waals surface area contributed by atoms with E-state index in [1.807, 2.05) is 4.90 Å². The van der Waals surface area contributed by atoms with Crippen molar-refractivity contribution >= 4 is 34.8 Å². The smallest absolute Gasteiger partial charge is 0.196 e. The van der Waals surface area contributed by atoms with E-state index >= 15 is 0 Å². The fraction of sp³-hybridized carbons (Fsp3) is 0.133.